The summed E-state index contributed by atoms with van der Waals surface area (Å²) in [5.41, 5.74) is 2.64. The molecule has 0 unspecified atom stereocenters. The molecule has 0 saturated heterocycles. The van der Waals surface area contributed by atoms with Crippen LogP contribution in [0.25, 0.3) is 20.9 Å². The summed E-state index contributed by atoms with van der Waals surface area (Å²) in [6.45, 7) is 4.10. The van der Waals surface area contributed by atoms with E-state index in [4.69, 9.17) is 28.2 Å². The van der Waals surface area contributed by atoms with Gasteiger partial charge in [0.05, 0.1) is 20.6 Å². The number of halogens is 2. The Hall–Kier alpha value is -2.45. The number of carboxylic acids is 1. The van der Waals surface area contributed by atoms with E-state index >= 15 is 0 Å². The number of benzene rings is 1. The van der Waals surface area contributed by atoms with Crippen molar-refractivity contribution in [3.05, 3.63) is 69.3 Å². The predicted octanol–water partition coefficient (Wildman–Crippen LogP) is 7.81. The van der Waals surface area contributed by atoms with Crippen LogP contribution in [0.1, 0.15) is 35.8 Å². The Morgan fingerprint density at radius 1 is 1.13 bits per heavy atom. The molecule has 158 valence electrons. The highest BCUT2D eigenvalue weighted by Crippen LogP contribution is 2.40. The lowest BCUT2D eigenvalue weighted by atomic mass is 10.1. The molecule has 2 N–H and O–H groups in total. The minimum atomic E-state index is -1.06. The first kappa shape index (κ1) is 21.8. The number of nitrogens with one attached hydrogen (secondary N) is 1. The van der Waals surface area contributed by atoms with Crippen molar-refractivity contribution in [1.82, 2.24) is 9.97 Å². The van der Waals surface area contributed by atoms with Crippen molar-refractivity contribution < 1.29 is 9.90 Å². The SMILES string of the molecule is CC(C)c1nc(Nc2ncc(-c3cccs3)cc2C(=O)O)sc1-c1ccc(Cl)c(Cl)c1. The number of carboxylic acid groups (broad SMARTS) is 1. The summed E-state index contributed by atoms with van der Waals surface area (Å²) in [5.74, 6) is -0.652. The summed E-state index contributed by atoms with van der Waals surface area (Å²) in [7, 11) is 0. The van der Waals surface area contributed by atoms with Crippen molar-refractivity contribution in [3.8, 4) is 20.9 Å². The van der Waals surface area contributed by atoms with E-state index in [-0.39, 0.29) is 17.3 Å². The molecule has 3 aromatic heterocycles. The monoisotopic (exact) mass is 489 g/mol. The smallest absolute Gasteiger partial charge is 0.339 e. The van der Waals surface area contributed by atoms with Gasteiger partial charge in [-0.1, -0.05) is 60.5 Å². The number of aromatic nitrogens is 2. The van der Waals surface area contributed by atoms with Crippen molar-refractivity contribution in [1.29, 1.82) is 0 Å². The van der Waals surface area contributed by atoms with Crippen LogP contribution in [0, 0.1) is 0 Å². The van der Waals surface area contributed by atoms with Gasteiger partial charge in [-0.2, -0.15) is 0 Å². The molecule has 0 aliphatic carbocycles. The van der Waals surface area contributed by atoms with Crippen molar-refractivity contribution in [2.75, 3.05) is 5.32 Å². The van der Waals surface area contributed by atoms with Gasteiger partial charge in [0.2, 0.25) is 0 Å². The fourth-order valence-corrected chi connectivity index (χ4v) is 5.15. The van der Waals surface area contributed by atoms with Crippen LogP contribution in [0.5, 0.6) is 0 Å². The largest absolute Gasteiger partial charge is 0.478 e. The van der Waals surface area contributed by atoms with Crippen LogP contribution in [0.3, 0.4) is 0 Å². The van der Waals surface area contributed by atoms with Crippen LogP contribution in [0.4, 0.5) is 10.9 Å². The molecular weight excluding hydrogens is 473 g/mol. The number of rotatable bonds is 6. The van der Waals surface area contributed by atoms with Gasteiger partial charge in [-0.15, -0.1) is 11.3 Å². The lowest BCUT2D eigenvalue weighted by Gasteiger charge is -2.08. The Bertz CT molecular complexity index is 1250. The molecule has 1 aromatic carbocycles. The summed E-state index contributed by atoms with van der Waals surface area (Å²) < 4.78 is 0. The number of thiazole rings is 1. The molecule has 3 heterocycles. The lowest BCUT2D eigenvalue weighted by Crippen LogP contribution is -2.05. The third-order valence-corrected chi connectivity index (χ3v) is 7.22. The van der Waals surface area contributed by atoms with Crippen LogP contribution in [0.2, 0.25) is 10.0 Å². The maximum Gasteiger partial charge on any atom is 0.339 e. The van der Waals surface area contributed by atoms with E-state index in [1.165, 1.54) is 22.7 Å². The number of aromatic carboxylic acids is 1. The van der Waals surface area contributed by atoms with Crippen LogP contribution < -0.4 is 5.32 Å². The summed E-state index contributed by atoms with van der Waals surface area (Å²) in [5, 5.41) is 16.3. The second-order valence-electron chi connectivity index (χ2n) is 7.04. The highest BCUT2D eigenvalue weighted by Gasteiger charge is 2.20. The van der Waals surface area contributed by atoms with Gasteiger partial charge in [-0.05, 0) is 41.1 Å². The molecule has 0 radical (unpaired) electrons. The van der Waals surface area contributed by atoms with E-state index in [0.717, 1.165) is 26.6 Å². The predicted molar refractivity (Wildman–Crippen MR) is 129 cm³/mol. The molecule has 0 atom stereocenters. The molecule has 0 saturated carbocycles. The van der Waals surface area contributed by atoms with Gasteiger partial charge >= 0.3 is 5.97 Å². The zero-order valence-electron chi connectivity index (χ0n) is 16.5. The highest BCUT2D eigenvalue weighted by atomic mass is 35.5. The number of hydrogen-bond donors (Lipinski definition) is 2. The molecule has 0 spiro atoms. The van der Waals surface area contributed by atoms with E-state index < -0.39 is 5.97 Å². The summed E-state index contributed by atoms with van der Waals surface area (Å²) in [4.78, 5) is 22.9. The van der Waals surface area contributed by atoms with Crippen LogP contribution in [0.15, 0.2) is 48.0 Å². The van der Waals surface area contributed by atoms with Crippen molar-refractivity contribution in [3.63, 3.8) is 0 Å². The fourth-order valence-electron chi connectivity index (χ4n) is 3.03. The third kappa shape index (κ3) is 4.60. The van der Waals surface area contributed by atoms with Crippen molar-refractivity contribution in [2.24, 2.45) is 0 Å². The normalized spacial score (nSPS) is 11.1. The molecule has 0 bridgehead atoms. The second kappa shape index (κ2) is 8.96. The Labute approximate surface area is 197 Å². The van der Waals surface area contributed by atoms with Crippen LogP contribution in [-0.2, 0) is 0 Å². The molecule has 0 amide bonds. The maximum atomic E-state index is 11.9. The van der Waals surface area contributed by atoms with Crippen molar-refractivity contribution >= 4 is 62.8 Å². The molecule has 4 aromatic rings. The van der Waals surface area contributed by atoms with E-state index in [1.807, 2.05) is 29.6 Å². The Kier molecular flexibility index (Phi) is 6.29. The van der Waals surface area contributed by atoms with Gasteiger partial charge in [0.1, 0.15) is 11.4 Å². The number of nitrogens with zero attached hydrogens (tertiary/aromatic N) is 2. The molecule has 31 heavy (non-hydrogen) atoms. The molecule has 0 aliphatic heterocycles. The van der Waals surface area contributed by atoms with E-state index in [0.29, 0.717) is 15.2 Å². The minimum absolute atomic E-state index is 0.0864. The fraction of sp³-hybridized carbons (Fsp3) is 0.136. The van der Waals surface area contributed by atoms with E-state index in [1.54, 1.807) is 18.3 Å². The summed E-state index contributed by atoms with van der Waals surface area (Å²) in [6, 6.07) is 10.9. The number of thiophene rings is 1. The molecular formula is C22H17Cl2N3O2S2. The zero-order valence-corrected chi connectivity index (χ0v) is 19.7. The number of hydrogen-bond acceptors (Lipinski definition) is 6. The number of carbonyl (C=O) groups is 1. The van der Waals surface area contributed by atoms with Gasteiger partial charge in [-0.25, -0.2) is 14.8 Å². The highest BCUT2D eigenvalue weighted by molar-refractivity contribution is 7.19. The minimum Gasteiger partial charge on any atom is -0.478 e. The quantitative estimate of drug-likeness (QED) is 0.288. The van der Waals surface area contributed by atoms with Gasteiger partial charge < -0.3 is 10.4 Å². The molecule has 5 nitrogen and oxygen atoms in total. The van der Waals surface area contributed by atoms with Gasteiger partial charge in [0, 0.05) is 16.6 Å². The zero-order chi connectivity index (χ0) is 22.1. The summed E-state index contributed by atoms with van der Waals surface area (Å²) in [6.07, 6.45) is 1.66. The summed E-state index contributed by atoms with van der Waals surface area (Å²) >= 11 is 15.2. The van der Waals surface area contributed by atoms with E-state index in [9.17, 15) is 9.90 Å². The Balaban J connectivity index is 1.72. The molecule has 0 fully saturated rings. The van der Waals surface area contributed by atoms with E-state index in [2.05, 4.69) is 24.1 Å². The van der Waals surface area contributed by atoms with Crippen LogP contribution in [-0.4, -0.2) is 21.0 Å². The van der Waals surface area contributed by atoms with Gasteiger partial charge in [0.25, 0.3) is 0 Å². The van der Waals surface area contributed by atoms with Gasteiger partial charge in [0.15, 0.2) is 5.13 Å². The topological polar surface area (TPSA) is 75.1 Å². The molecule has 0 aliphatic rings. The third-order valence-electron chi connectivity index (χ3n) is 4.53. The standard InChI is InChI=1S/C22H17Cl2N3O2S2/c1-11(2)18-19(12-5-6-15(23)16(24)9-12)31-22(26-18)27-20-14(21(28)29)8-13(10-25-20)17-4-3-7-30-17/h3-11H,1-2H3,(H,28,29)(H,25,26,27). The first-order valence-electron chi connectivity index (χ1n) is 9.34. The van der Waals surface area contributed by atoms with Gasteiger partial charge in [-0.3, -0.25) is 0 Å². The first-order chi connectivity index (χ1) is 14.8. The maximum absolute atomic E-state index is 11.9. The van der Waals surface area contributed by atoms with Crippen LogP contribution >= 0.6 is 45.9 Å². The Morgan fingerprint density at radius 3 is 2.58 bits per heavy atom. The number of pyridine rings is 1. The first-order valence-corrected chi connectivity index (χ1v) is 11.8. The molecule has 4 rings (SSSR count). The molecule has 9 heteroatoms. The average Bonchev–Trinajstić information content (AvgIpc) is 3.40. The second-order valence-corrected chi connectivity index (χ2v) is 9.81. The number of anilines is 2. The average molecular weight is 490 g/mol. The lowest BCUT2D eigenvalue weighted by molar-refractivity contribution is 0.0697. The van der Waals surface area contributed by atoms with Crippen molar-refractivity contribution in [2.45, 2.75) is 19.8 Å². The Morgan fingerprint density at radius 2 is 1.94 bits per heavy atom.